The maximum atomic E-state index is 6.15. The van der Waals surface area contributed by atoms with Crippen LogP contribution in [0.25, 0.3) is 0 Å². The van der Waals surface area contributed by atoms with Gasteiger partial charge in [0.2, 0.25) is 0 Å². The molecule has 2 N–H and O–H groups in total. The normalized spacial score (nSPS) is 20.2. The fraction of sp³-hybridized carbons (Fsp3) is 0.625. The van der Waals surface area contributed by atoms with E-state index in [0.29, 0.717) is 12.0 Å². The number of likely N-dealkylation sites (tertiary alicyclic amines) is 1. The monoisotopic (exact) mass is 358 g/mol. The predicted octanol–water partition coefficient (Wildman–Crippen LogP) is 4.61. The highest BCUT2D eigenvalue weighted by atomic mass is 79.9. The van der Waals surface area contributed by atoms with E-state index in [9.17, 15) is 0 Å². The van der Waals surface area contributed by atoms with Crippen LogP contribution in [0.2, 0.25) is 5.02 Å². The first-order chi connectivity index (χ1) is 9.55. The highest BCUT2D eigenvalue weighted by Gasteiger charge is 2.38. The van der Waals surface area contributed by atoms with Crippen molar-refractivity contribution < 1.29 is 0 Å². The van der Waals surface area contributed by atoms with Gasteiger partial charge in [-0.25, -0.2) is 0 Å². The Morgan fingerprint density at radius 1 is 1.40 bits per heavy atom. The van der Waals surface area contributed by atoms with E-state index in [1.54, 1.807) is 0 Å². The van der Waals surface area contributed by atoms with Crippen molar-refractivity contribution in [2.24, 2.45) is 11.1 Å². The van der Waals surface area contributed by atoms with Gasteiger partial charge in [0.1, 0.15) is 0 Å². The fourth-order valence-corrected chi connectivity index (χ4v) is 4.00. The van der Waals surface area contributed by atoms with E-state index in [4.69, 9.17) is 17.3 Å². The summed E-state index contributed by atoms with van der Waals surface area (Å²) in [6.07, 6.45) is 3.76. The van der Waals surface area contributed by atoms with Crippen molar-refractivity contribution in [3.05, 3.63) is 33.3 Å². The molecule has 1 saturated heterocycles. The van der Waals surface area contributed by atoms with E-state index in [1.165, 1.54) is 24.8 Å². The number of nitrogens with two attached hydrogens (primary N) is 1. The zero-order chi connectivity index (χ0) is 14.8. The zero-order valence-electron chi connectivity index (χ0n) is 12.3. The molecule has 0 saturated carbocycles. The fourth-order valence-electron chi connectivity index (χ4n) is 3.31. The van der Waals surface area contributed by atoms with Gasteiger partial charge in [0.15, 0.2) is 0 Å². The van der Waals surface area contributed by atoms with Crippen molar-refractivity contribution >= 4 is 27.5 Å². The summed E-state index contributed by atoms with van der Waals surface area (Å²) in [7, 11) is 0. The Morgan fingerprint density at radius 2 is 2.10 bits per heavy atom. The SMILES string of the molecule is CCC1(CC)CCN(C(CN)c2cc(Cl)ccc2Br)C1. The minimum atomic E-state index is 0.253. The van der Waals surface area contributed by atoms with Crippen LogP contribution in [0.5, 0.6) is 0 Å². The van der Waals surface area contributed by atoms with Crippen LogP contribution in [0.15, 0.2) is 22.7 Å². The third-order valence-electron chi connectivity index (χ3n) is 4.95. The van der Waals surface area contributed by atoms with Crippen molar-refractivity contribution in [2.45, 2.75) is 39.2 Å². The van der Waals surface area contributed by atoms with E-state index in [-0.39, 0.29) is 6.04 Å². The lowest BCUT2D eigenvalue weighted by Crippen LogP contribution is -2.34. The largest absolute Gasteiger partial charge is 0.329 e. The van der Waals surface area contributed by atoms with Crippen molar-refractivity contribution in [1.29, 1.82) is 0 Å². The van der Waals surface area contributed by atoms with Crippen molar-refractivity contribution in [3.8, 4) is 0 Å². The first-order valence-electron chi connectivity index (χ1n) is 7.44. The molecule has 0 radical (unpaired) electrons. The summed E-state index contributed by atoms with van der Waals surface area (Å²) < 4.78 is 1.10. The first kappa shape index (κ1) is 16.3. The number of hydrogen-bond acceptors (Lipinski definition) is 2. The van der Waals surface area contributed by atoms with Crippen LogP contribution < -0.4 is 5.73 Å². The average Bonchev–Trinajstić information content (AvgIpc) is 2.88. The molecule has 112 valence electrons. The van der Waals surface area contributed by atoms with Crippen LogP contribution in [0.4, 0.5) is 0 Å². The molecule has 1 aliphatic heterocycles. The lowest BCUT2D eigenvalue weighted by Gasteiger charge is -2.31. The Bertz CT molecular complexity index is 460. The van der Waals surface area contributed by atoms with E-state index >= 15 is 0 Å². The van der Waals surface area contributed by atoms with Crippen LogP contribution >= 0.6 is 27.5 Å². The van der Waals surface area contributed by atoms with Crippen LogP contribution in [0, 0.1) is 5.41 Å². The van der Waals surface area contributed by atoms with Crippen molar-refractivity contribution in [2.75, 3.05) is 19.6 Å². The summed E-state index contributed by atoms with van der Waals surface area (Å²) in [5.41, 5.74) is 7.75. The van der Waals surface area contributed by atoms with Crippen LogP contribution in [0.3, 0.4) is 0 Å². The molecule has 1 aromatic rings. The average molecular weight is 360 g/mol. The standard InChI is InChI=1S/C16H24BrClN2/c1-3-16(4-2)7-8-20(11-16)15(10-19)13-9-12(18)5-6-14(13)17/h5-6,9,15H,3-4,7-8,10-11,19H2,1-2H3. The van der Waals surface area contributed by atoms with Gasteiger partial charge in [-0.2, -0.15) is 0 Å². The van der Waals surface area contributed by atoms with Gasteiger partial charge in [0.25, 0.3) is 0 Å². The van der Waals surface area contributed by atoms with Gasteiger partial charge in [0, 0.05) is 28.6 Å². The predicted molar refractivity (Wildman–Crippen MR) is 90.2 cm³/mol. The van der Waals surface area contributed by atoms with Gasteiger partial charge in [-0.3, -0.25) is 4.90 Å². The summed E-state index contributed by atoms with van der Waals surface area (Å²) in [4.78, 5) is 2.53. The quantitative estimate of drug-likeness (QED) is 0.831. The Morgan fingerprint density at radius 3 is 2.65 bits per heavy atom. The van der Waals surface area contributed by atoms with Gasteiger partial charge in [-0.1, -0.05) is 41.4 Å². The van der Waals surface area contributed by atoms with Gasteiger partial charge in [0.05, 0.1) is 0 Å². The molecule has 1 unspecified atom stereocenters. The molecule has 4 heteroatoms. The number of nitrogens with zero attached hydrogens (tertiary/aromatic N) is 1. The Labute approximate surface area is 135 Å². The summed E-state index contributed by atoms with van der Waals surface area (Å²) in [6, 6.07) is 6.22. The highest BCUT2D eigenvalue weighted by molar-refractivity contribution is 9.10. The molecule has 0 aromatic heterocycles. The number of rotatable bonds is 5. The molecule has 1 aliphatic rings. The second-order valence-electron chi connectivity index (χ2n) is 5.84. The smallest absolute Gasteiger partial charge is 0.0482 e. The molecular weight excluding hydrogens is 336 g/mol. The molecule has 1 heterocycles. The molecule has 2 nitrogen and oxygen atoms in total. The van der Waals surface area contributed by atoms with Gasteiger partial charge < -0.3 is 5.73 Å². The summed E-state index contributed by atoms with van der Waals surface area (Å²) in [5, 5.41) is 0.776. The van der Waals surface area contributed by atoms with E-state index in [0.717, 1.165) is 22.6 Å². The zero-order valence-corrected chi connectivity index (χ0v) is 14.7. The summed E-state index contributed by atoms with van der Waals surface area (Å²) in [5.74, 6) is 0. The van der Waals surface area contributed by atoms with E-state index in [2.05, 4.69) is 34.7 Å². The van der Waals surface area contributed by atoms with Gasteiger partial charge in [-0.15, -0.1) is 0 Å². The summed E-state index contributed by atoms with van der Waals surface area (Å²) in [6.45, 7) is 7.51. The molecule has 0 bridgehead atoms. The molecule has 1 atom stereocenters. The second-order valence-corrected chi connectivity index (χ2v) is 7.14. The number of benzene rings is 1. The maximum absolute atomic E-state index is 6.15. The number of halogens is 2. The third kappa shape index (κ3) is 3.22. The van der Waals surface area contributed by atoms with Crippen molar-refractivity contribution in [1.82, 2.24) is 4.90 Å². The van der Waals surface area contributed by atoms with Crippen LogP contribution in [-0.4, -0.2) is 24.5 Å². The van der Waals surface area contributed by atoms with Gasteiger partial charge >= 0.3 is 0 Å². The topological polar surface area (TPSA) is 29.3 Å². The van der Waals surface area contributed by atoms with Crippen LogP contribution in [-0.2, 0) is 0 Å². The molecule has 0 amide bonds. The summed E-state index contributed by atoms with van der Waals surface area (Å²) >= 11 is 9.80. The van der Waals surface area contributed by atoms with Gasteiger partial charge in [-0.05, 0) is 55.0 Å². The lowest BCUT2D eigenvalue weighted by atomic mass is 9.82. The van der Waals surface area contributed by atoms with E-state index in [1.807, 2.05) is 18.2 Å². The highest BCUT2D eigenvalue weighted by Crippen LogP contribution is 2.41. The first-order valence-corrected chi connectivity index (χ1v) is 8.61. The minimum absolute atomic E-state index is 0.253. The molecule has 1 aromatic carbocycles. The minimum Gasteiger partial charge on any atom is -0.329 e. The molecule has 0 aliphatic carbocycles. The second kappa shape index (κ2) is 6.78. The van der Waals surface area contributed by atoms with Crippen molar-refractivity contribution in [3.63, 3.8) is 0 Å². The van der Waals surface area contributed by atoms with E-state index < -0.39 is 0 Å². The Balaban J connectivity index is 2.23. The Hall–Kier alpha value is -0.0900. The maximum Gasteiger partial charge on any atom is 0.0482 e. The lowest BCUT2D eigenvalue weighted by molar-refractivity contribution is 0.197. The third-order valence-corrected chi connectivity index (χ3v) is 5.91. The van der Waals surface area contributed by atoms with Crippen LogP contribution in [0.1, 0.15) is 44.7 Å². The molecule has 1 fully saturated rings. The Kier molecular flexibility index (Phi) is 5.52. The molecule has 20 heavy (non-hydrogen) atoms. The number of hydrogen-bond donors (Lipinski definition) is 1. The molecule has 2 rings (SSSR count). The molecular formula is C16H24BrClN2. The molecule has 0 spiro atoms.